The van der Waals surface area contributed by atoms with E-state index in [-0.39, 0.29) is 0 Å². The Morgan fingerprint density at radius 2 is 2.22 bits per heavy atom. The van der Waals surface area contributed by atoms with Crippen LogP contribution in [-0.4, -0.2) is 25.4 Å². The van der Waals surface area contributed by atoms with Gasteiger partial charge in [-0.05, 0) is 48.4 Å². The van der Waals surface area contributed by atoms with Crippen LogP contribution in [0.15, 0.2) is 22.7 Å². The number of aliphatic hydroxyl groups excluding tert-OH is 1. The van der Waals surface area contributed by atoms with Gasteiger partial charge in [0.05, 0.1) is 7.11 Å². The van der Waals surface area contributed by atoms with Gasteiger partial charge in [-0.25, -0.2) is 0 Å². The van der Waals surface area contributed by atoms with Crippen LogP contribution >= 0.6 is 15.9 Å². The van der Waals surface area contributed by atoms with Gasteiger partial charge in [-0.2, -0.15) is 0 Å². The predicted molar refractivity (Wildman–Crippen MR) is 75.8 cm³/mol. The Hall–Kier alpha value is -0.580. The minimum Gasteiger partial charge on any atom is -0.497 e. The number of benzene rings is 1. The molecule has 0 saturated heterocycles. The molecule has 0 unspecified atom stereocenters. The lowest BCUT2D eigenvalue weighted by atomic mass is 10.0. The molecule has 0 bridgehead atoms. The van der Waals surface area contributed by atoms with Gasteiger partial charge in [-0.3, -0.25) is 0 Å². The number of ether oxygens (including phenoxy) is 1. The molecule has 1 saturated carbocycles. The summed E-state index contributed by atoms with van der Waals surface area (Å²) in [4.78, 5) is 0. The normalized spacial score (nSPS) is 16.6. The summed E-state index contributed by atoms with van der Waals surface area (Å²) in [5.41, 5.74) is 1.56. The van der Waals surface area contributed by atoms with E-state index in [4.69, 9.17) is 9.84 Å². The van der Waals surface area contributed by atoms with Crippen molar-refractivity contribution in [1.29, 1.82) is 0 Å². The second kappa shape index (κ2) is 6.04. The van der Waals surface area contributed by atoms with E-state index in [2.05, 4.69) is 21.2 Å². The molecule has 0 aromatic heterocycles. The molecule has 100 valence electrons. The summed E-state index contributed by atoms with van der Waals surface area (Å²) in [5, 5.41) is 12.5. The highest BCUT2D eigenvalue weighted by molar-refractivity contribution is 9.10. The molecule has 18 heavy (non-hydrogen) atoms. The first kappa shape index (κ1) is 13.8. The molecule has 3 nitrogen and oxygen atoms in total. The Bertz CT molecular complexity index is 405. The van der Waals surface area contributed by atoms with E-state index in [1.807, 2.05) is 18.2 Å². The fraction of sp³-hybridized carbons (Fsp3) is 0.571. The molecule has 0 aliphatic heterocycles. The summed E-state index contributed by atoms with van der Waals surface area (Å²) in [6.45, 7) is 2.10. The van der Waals surface area contributed by atoms with Crippen LogP contribution in [0, 0.1) is 5.41 Å². The van der Waals surface area contributed by atoms with E-state index in [0.29, 0.717) is 12.0 Å². The third kappa shape index (κ3) is 3.46. The van der Waals surface area contributed by atoms with Crippen LogP contribution in [0.4, 0.5) is 0 Å². The average Bonchev–Trinajstić information content (AvgIpc) is 3.12. The molecule has 0 spiro atoms. The second-order valence-corrected chi connectivity index (χ2v) is 5.89. The smallest absolute Gasteiger partial charge is 0.119 e. The van der Waals surface area contributed by atoms with Gasteiger partial charge in [-0.1, -0.05) is 15.9 Å². The van der Waals surface area contributed by atoms with Crippen LogP contribution in [0.2, 0.25) is 0 Å². The highest BCUT2D eigenvalue weighted by Gasteiger charge is 2.41. The third-order valence-corrected chi connectivity index (χ3v) is 4.44. The first-order valence-electron chi connectivity index (χ1n) is 6.33. The van der Waals surface area contributed by atoms with Gasteiger partial charge in [-0.15, -0.1) is 0 Å². The number of nitrogens with one attached hydrogen (secondary N) is 1. The van der Waals surface area contributed by atoms with E-state index in [0.717, 1.165) is 29.7 Å². The molecule has 2 rings (SSSR count). The number of rotatable bonds is 7. The molecule has 0 heterocycles. The van der Waals surface area contributed by atoms with Crippen molar-refractivity contribution in [3.63, 3.8) is 0 Å². The zero-order valence-corrected chi connectivity index (χ0v) is 12.3. The van der Waals surface area contributed by atoms with Gasteiger partial charge in [0.1, 0.15) is 5.75 Å². The van der Waals surface area contributed by atoms with E-state index in [1.165, 1.54) is 18.4 Å². The van der Waals surface area contributed by atoms with Crippen molar-refractivity contribution in [2.75, 3.05) is 20.3 Å². The summed E-state index contributed by atoms with van der Waals surface area (Å²) < 4.78 is 6.33. The van der Waals surface area contributed by atoms with Crippen LogP contribution in [0.3, 0.4) is 0 Å². The van der Waals surface area contributed by atoms with Gasteiger partial charge >= 0.3 is 0 Å². The molecule has 4 heteroatoms. The SMILES string of the molecule is COc1ccc(Br)c(CNCC2(CCO)CC2)c1. The van der Waals surface area contributed by atoms with Crippen molar-refractivity contribution in [2.45, 2.75) is 25.8 Å². The largest absolute Gasteiger partial charge is 0.497 e. The summed E-state index contributed by atoms with van der Waals surface area (Å²) in [6.07, 6.45) is 3.39. The van der Waals surface area contributed by atoms with Crippen LogP contribution in [0.1, 0.15) is 24.8 Å². The standard InChI is InChI=1S/C14H20BrNO2/c1-18-12-2-3-13(15)11(8-12)9-16-10-14(4-5-14)6-7-17/h2-3,8,16-17H,4-7,9-10H2,1H3. The summed E-state index contributed by atoms with van der Waals surface area (Å²) in [7, 11) is 1.68. The Labute approximate surface area is 117 Å². The van der Waals surface area contributed by atoms with Crippen molar-refractivity contribution in [2.24, 2.45) is 5.41 Å². The monoisotopic (exact) mass is 313 g/mol. The predicted octanol–water partition coefficient (Wildman–Crippen LogP) is 2.71. The van der Waals surface area contributed by atoms with Crippen molar-refractivity contribution in [1.82, 2.24) is 5.32 Å². The van der Waals surface area contributed by atoms with Crippen molar-refractivity contribution < 1.29 is 9.84 Å². The zero-order chi connectivity index (χ0) is 13.0. The lowest BCUT2D eigenvalue weighted by molar-refractivity contribution is 0.245. The van der Waals surface area contributed by atoms with Gasteiger partial charge < -0.3 is 15.2 Å². The van der Waals surface area contributed by atoms with Crippen LogP contribution in [0.25, 0.3) is 0 Å². The topological polar surface area (TPSA) is 41.5 Å². The lowest BCUT2D eigenvalue weighted by Gasteiger charge is -2.15. The Morgan fingerprint density at radius 3 is 2.83 bits per heavy atom. The van der Waals surface area contributed by atoms with Gasteiger partial charge in [0.25, 0.3) is 0 Å². The van der Waals surface area contributed by atoms with Crippen LogP contribution in [-0.2, 0) is 6.54 Å². The average molecular weight is 314 g/mol. The maximum Gasteiger partial charge on any atom is 0.119 e. The number of hydrogen-bond donors (Lipinski definition) is 2. The Kier molecular flexibility index (Phi) is 4.65. The number of hydrogen-bond acceptors (Lipinski definition) is 3. The van der Waals surface area contributed by atoms with E-state index < -0.39 is 0 Å². The van der Waals surface area contributed by atoms with Crippen LogP contribution < -0.4 is 10.1 Å². The molecule has 1 fully saturated rings. The first-order valence-corrected chi connectivity index (χ1v) is 7.12. The maximum absolute atomic E-state index is 9.02. The number of methoxy groups -OCH3 is 1. The minimum absolute atomic E-state index is 0.296. The van der Waals surface area contributed by atoms with Gasteiger partial charge in [0.15, 0.2) is 0 Å². The molecule has 2 N–H and O–H groups in total. The van der Waals surface area contributed by atoms with Crippen LogP contribution in [0.5, 0.6) is 5.75 Å². The fourth-order valence-corrected chi connectivity index (χ4v) is 2.59. The lowest BCUT2D eigenvalue weighted by Crippen LogP contribution is -2.24. The fourth-order valence-electron chi connectivity index (χ4n) is 2.20. The number of halogens is 1. The van der Waals surface area contributed by atoms with E-state index in [1.54, 1.807) is 7.11 Å². The Balaban J connectivity index is 1.86. The van der Waals surface area contributed by atoms with E-state index in [9.17, 15) is 0 Å². The molecule has 0 amide bonds. The highest BCUT2D eigenvalue weighted by Crippen LogP contribution is 2.47. The van der Waals surface area contributed by atoms with E-state index >= 15 is 0 Å². The quantitative estimate of drug-likeness (QED) is 0.813. The molecular weight excluding hydrogens is 294 g/mol. The third-order valence-electron chi connectivity index (χ3n) is 3.67. The molecule has 1 aromatic rings. The Morgan fingerprint density at radius 1 is 1.44 bits per heavy atom. The molecule has 0 radical (unpaired) electrons. The van der Waals surface area contributed by atoms with Crippen molar-refractivity contribution >= 4 is 15.9 Å². The summed E-state index contributed by atoms with van der Waals surface area (Å²) in [6, 6.07) is 6.00. The van der Waals surface area contributed by atoms with Gasteiger partial charge in [0.2, 0.25) is 0 Å². The summed E-state index contributed by atoms with van der Waals surface area (Å²) in [5.74, 6) is 0.881. The minimum atomic E-state index is 0.296. The zero-order valence-electron chi connectivity index (χ0n) is 10.7. The first-order chi connectivity index (χ1) is 8.69. The summed E-state index contributed by atoms with van der Waals surface area (Å²) >= 11 is 3.55. The number of aliphatic hydroxyl groups is 1. The molecular formula is C14H20BrNO2. The molecule has 1 aliphatic rings. The maximum atomic E-state index is 9.02. The molecule has 1 aliphatic carbocycles. The van der Waals surface area contributed by atoms with Crippen molar-refractivity contribution in [3.8, 4) is 5.75 Å². The second-order valence-electron chi connectivity index (χ2n) is 5.03. The van der Waals surface area contributed by atoms with Crippen molar-refractivity contribution in [3.05, 3.63) is 28.2 Å². The van der Waals surface area contributed by atoms with Gasteiger partial charge in [0, 0.05) is 24.2 Å². The molecule has 1 aromatic carbocycles. The molecule has 0 atom stereocenters. The highest BCUT2D eigenvalue weighted by atomic mass is 79.9.